The van der Waals surface area contributed by atoms with Crippen LogP contribution in [0.1, 0.15) is 27.9 Å². The Morgan fingerprint density at radius 2 is 1.40 bits per heavy atom. The normalized spacial score (nSPS) is 19.2. The molecule has 0 radical (unpaired) electrons. The molecule has 6 nitrogen and oxygen atoms in total. The summed E-state index contributed by atoms with van der Waals surface area (Å²) in [4.78, 5) is 27.4. The van der Waals surface area contributed by atoms with Crippen molar-refractivity contribution in [1.82, 2.24) is 4.90 Å². The predicted molar refractivity (Wildman–Crippen MR) is 133 cm³/mol. The number of ether oxygens (including phenoxy) is 3. The third-order valence-corrected chi connectivity index (χ3v) is 6.01. The summed E-state index contributed by atoms with van der Waals surface area (Å²) in [6, 6.07) is 27.3. The van der Waals surface area contributed by atoms with Gasteiger partial charge in [-0.25, -0.2) is 9.59 Å². The van der Waals surface area contributed by atoms with E-state index in [2.05, 4.69) is 6.58 Å². The van der Waals surface area contributed by atoms with E-state index in [0.29, 0.717) is 18.6 Å². The van der Waals surface area contributed by atoms with Gasteiger partial charge >= 0.3 is 12.1 Å². The molecular formula is C29H29NO5. The van der Waals surface area contributed by atoms with Gasteiger partial charge in [-0.1, -0.05) is 84.9 Å². The van der Waals surface area contributed by atoms with Crippen LogP contribution in [0.4, 0.5) is 4.79 Å². The van der Waals surface area contributed by atoms with Crippen LogP contribution in [0.25, 0.3) is 0 Å². The maximum absolute atomic E-state index is 13.2. The maximum atomic E-state index is 13.2. The second kappa shape index (κ2) is 12.0. The van der Waals surface area contributed by atoms with Gasteiger partial charge in [-0.05, 0) is 29.7 Å². The molecule has 0 bridgehead atoms. The summed E-state index contributed by atoms with van der Waals surface area (Å²) in [5, 5.41) is 0. The highest BCUT2D eigenvalue weighted by molar-refractivity contribution is 5.89. The number of hydrogen-bond donors (Lipinski definition) is 0. The van der Waals surface area contributed by atoms with Crippen LogP contribution >= 0.6 is 0 Å². The minimum atomic E-state index is -0.516. The van der Waals surface area contributed by atoms with Gasteiger partial charge in [0.15, 0.2) is 0 Å². The zero-order chi connectivity index (χ0) is 24.5. The van der Waals surface area contributed by atoms with Crippen LogP contribution in [0, 0.1) is 0 Å². The van der Waals surface area contributed by atoms with Crippen LogP contribution in [0.3, 0.4) is 0 Å². The third-order valence-electron chi connectivity index (χ3n) is 6.01. The van der Waals surface area contributed by atoms with E-state index < -0.39 is 18.1 Å². The number of rotatable bonds is 9. The average Bonchev–Trinajstić information content (AvgIpc) is 3.28. The first kappa shape index (κ1) is 24.2. The van der Waals surface area contributed by atoms with Crippen LogP contribution < -0.4 is 0 Å². The molecular weight excluding hydrogens is 442 g/mol. The van der Waals surface area contributed by atoms with Gasteiger partial charge in [-0.3, -0.25) is 4.90 Å². The first-order chi connectivity index (χ1) is 17.2. The second-order valence-corrected chi connectivity index (χ2v) is 8.35. The predicted octanol–water partition coefficient (Wildman–Crippen LogP) is 5.39. The van der Waals surface area contributed by atoms with Crippen molar-refractivity contribution in [2.45, 2.75) is 37.8 Å². The fourth-order valence-corrected chi connectivity index (χ4v) is 4.17. The van der Waals surface area contributed by atoms with E-state index in [-0.39, 0.29) is 25.4 Å². The van der Waals surface area contributed by atoms with Crippen molar-refractivity contribution < 1.29 is 23.8 Å². The van der Waals surface area contributed by atoms with E-state index in [1.165, 1.54) is 0 Å². The zero-order valence-corrected chi connectivity index (χ0v) is 19.5. The summed E-state index contributed by atoms with van der Waals surface area (Å²) >= 11 is 0. The standard InChI is InChI=1S/C29H29NO5/c1-2-25-18-27(33-19-22-12-6-3-7-13-22)26(21-34-28(31)24-16-10-5-11-17-24)30(25)29(32)35-20-23-14-8-4-9-15-23/h2-17,25-27H,1,18-21H2/t25-,26-,27+/m1/s1. The van der Waals surface area contributed by atoms with E-state index >= 15 is 0 Å². The lowest BCUT2D eigenvalue weighted by Gasteiger charge is -2.29. The van der Waals surface area contributed by atoms with Crippen LogP contribution in [0.15, 0.2) is 104 Å². The molecule has 0 N–H and O–H groups in total. The van der Waals surface area contributed by atoms with Gasteiger partial charge in [-0.2, -0.15) is 0 Å². The molecule has 180 valence electrons. The van der Waals surface area contributed by atoms with Crippen molar-refractivity contribution in [3.63, 3.8) is 0 Å². The molecule has 0 aliphatic carbocycles. The fourth-order valence-electron chi connectivity index (χ4n) is 4.17. The minimum Gasteiger partial charge on any atom is -0.460 e. The van der Waals surface area contributed by atoms with E-state index in [0.717, 1.165) is 11.1 Å². The van der Waals surface area contributed by atoms with Gasteiger partial charge in [0.05, 0.1) is 30.4 Å². The highest BCUT2D eigenvalue weighted by Gasteiger charge is 2.45. The molecule has 0 aromatic heterocycles. The lowest BCUT2D eigenvalue weighted by atomic mass is 10.1. The van der Waals surface area contributed by atoms with Gasteiger partial charge in [0, 0.05) is 0 Å². The van der Waals surface area contributed by atoms with Crippen molar-refractivity contribution in [1.29, 1.82) is 0 Å². The molecule has 4 rings (SSSR count). The van der Waals surface area contributed by atoms with Crippen LogP contribution in [0.2, 0.25) is 0 Å². The van der Waals surface area contributed by atoms with Gasteiger partial charge in [0.1, 0.15) is 13.2 Å². The molecule has 0 unspecified atom stereocenters. The van der Waals surface area contributed by atoms with Gasteiger partial charge < -0.3 is 14.2 Å². The van der Waals surface area contributed by atoms with Crippen molar-refractivity contribution in [2.24, 2.45) is 0 Å². The van der Waals surface area contributed by atoms with E-state index in [1.807, 2.05) is 66.7 Å². The third kappa shape index (κ3) is 6.37. The molecule has 0 spiro atoms. The van der Waals surface area contributed by atoms with Gasteiger partial charge in [0.2, 0.25) is 0 Å². The molecule has 3 atom stereocenters. The summed E-state index contributed by atoms with van der Waals surface area (Å²) in [5.41, 5.74) is 2.36. The van der Waals surface area contributed by atoms with E-state index in [4.69, 9.17) is 14.2 Å². The number of esters is 1. The summed E-state index contributed by atoms with van der Waals surface area (Å²) in [6.45, 7) is 4.42. The highest BCUT2D eigenvalue weighted by atomic mass is 16.6. The topological polar surface area (TPSA) is 65.1 Å². The number of amides is 1. The van der Waals surface area contributed by atoms with Crippen molar-refractivity contribution in [3.8, 4) is 0 Å². The molecule has 1 aliphatic heterocycles. The Morgan fingerprint density at radius 3 is 2.00 bits per heavy atom. The Kier molecular flexibility index (Phi) is 8.30. The van der Waals surface area contributed by atoms with Crippen LogP contribution in [0.5, 0.6) is 0 Å². The van der Waals surface area contributed by atoms with Gasteiger partial charge in [-0.15, -0.1) is 6.58 Å². The lowest BCUT2D eigenvalue weighted by Crippen LogP contribution is -2.46. The Balaban J connectivity index is 1.49. The minimum absolute atomic E-state index is 0.0159. The molecule has 1 heterocycles. The average molecular weight is 472 g/mol. The highest BCUT2D eigenvalue weighted by Crippen LogP contribution is 2.30. The first-order valence-corrected chi connectivity index (χ1v) is 11.6. The summed E-state index contributed by atoms with van der Waals surface area (Å²) in [6.07, 6.45) is 1.39. The smallest absolute Gasteiger partial charge is 0.411 e. The number of likely N-dealkylation sites (tertiary alicyclic amines) is 1. The second-order valence-electron chi connectivity index (χ2n) is 8.35. The quantitative estimate of drug-likeness (QED) is 0.309. The van der Waals surface area contributed by atoms with Gasteiger partial charge in [0.25, 0.3) is 0 Å². The molecule has 6 heteroatoms. The van der Waals surface area contributed by atoms with Crippen molar-refractivity contribution in [2.75, 3.05) is 6.61 Å². The molecule has 0 saturated carbocycles. The Labute approximate surface area is 205 Å². The molecule has 1 amide bonds. The molecule has 3 aromatic rings. The number of nitrogens with zero attached hydrogens (tertiary/aromatic N) is 1. The SMILES string of the molecule is C=C[C@@H]1C[C@H](OCc2ccccc2)[C@@H](COC(=O)c2ccccc2)N1C(=O)OCc1ccccc1. The number of carbonyl (C=O) groups is 2. The van der Waals surface area contributed by atoms with Crippen LogP contribution in [-0.2, 0) is 27.4 Å². The zero-order valence-electron chi connectivity index (χ0n) is 19.5. The lowest BCUT2D eigenvalue weighted by molar-refractivity contribution is -0.0144. The molecule has 1 fully saturated rings. The monoisotopic (exact) mass is 471 g/mol. The molecule has 1 saturated heterocycles. The van der Waals surface area contributed by atoms with Crippen molar-refractivity contribution >= 4 is 12.1 Å². The molecule has 3 aromatic carbocycles. The van der Waals surface area contributed by atoms with Crippen LogP contribution in [-0.4, -0.2) is 41.8 Å². The fraction of sp³-hybridized carbons (Fsp3) is 0.241. The summed E-state index contributed by atoms with van der Waals surface area (Å²) in [5.74, 6) is -0.452. The molecule has 35 heavy (non-hydrogen) atoms. The van der Waals surface area contributed by atoms with E-state index in [1.54, 1.807) is 35.2 Å². The Hall–Kier alpha value is -3.90. The Morgan fingerprint density at radius 1 is 0.829 bits per heavy atom. The Bertz CT molecular complexity index is 1100. The number of benzene rings is 3. The maximum Gasteiger partial charge on any atom is 0.411 e. The van der Waals surface area contributed by atoms with E-state index in [9.17, 15) is 9.59 Å². The summed E-state index contributed by atoms with van der Waals surface area (Å²) < 4.78 is 17.5. The number of hydrogen-bond acceptors (Lipinski definition) is 5. The number of carbonyl (C=O) groups excluding carboxylic acids is 2. The first-order valence-electron chi connectivity index (χ1n) is 11.6. The summed E-state index contributed by atoms with van der Waals surface area (Å²) in [7, 11) is 0. The molecule has 1 aliphatic rings. The van der Waals surface area contributed by atoms with Crippen molar-refractivity contribution in [3.05, 3.63) is 120 Å². The largest absolute Gasteiger partial charge is 0.460 e.